The number of amidine groups is 1. The Bertz CT molecular complexity index is 1090. The number of benzene rings is 1. The first kappa shape index (κ1) is 21.5. The van der Waals surface area contributed by atoms with Crippen LogP contribution in [-0.2, 0) is 16.7 Å². The Morgan fingerprint density at radius 1 is 1.32 bits per heavy atom. The lowest BCUT2D eigenvalue weighted by Gasteiger charge is -2.33. The average Bonchev–Trinajstić information content (AvgIpc) is 3.35. The van der Waals surface area contributed by atoms with Crippen LogP contribution in [0, 0.1) is 17.6 Å². The van der Waals surface area contributed by atoms with Crippen molar-refractivity contribution in [3.8, 4) is 0 Å². The van der Waals surface area contributed by atoms with Crippen molar-refractivity contribution in [1.29, 1.82) is 0 Å². The molecule has 0 amide bonds. The summed E-state index contributed by atoms with van der Waals surface area (Å²) in [7, 11) is 0. The first-order chi connectivity index (χ1) is 14.5. The molecule has 0 spiro atoms. The minimum absolute atomic E-state index is 0.111. The standard InChI is InChI=1S/C18H13ClF6N4O2/c19-9-5-29(16(24)25)28-14(9)11(30)3-6-1-8(13(21)10(20)2-6)18(15(22)23)7-4-12(7)31-17(26)27-18/h1-2,5,7,12,15-16H,3-4H2,(H2,26,27)/t7-,12+,18-/m1/s1. The van der Waals surface area contributed by atoms with Crippen LogP contribution in [0.1, 0.15) is 34.6 Å². The minimum atomic E-state index is -3.25. The van der Waals surface area contributed by atoms with Gasteiger partial charge in [-0.05, 0) is 24.1 Å². The van der Waals surface area contributed by atoms with E-state index in [9.17, 15) is 31.1 Å². The number of aromatic nitrogens is 2. The van der Waals surface area contributed by atoms with E-state index in [1.54, 1.807) is 0 Å². The molecule has 4 rings (SSSR count). The molecule has 166 valence electrons. The molecule has 0 bridgehead atoms. The summed E-state index contributed by atoms with van der Waals surface area (Å²) in [5.41, 5.74) is 1.50. The molecule has 1 aliphatic heterocycles. The fourth-order valence-electron chi connectivity index (χ4n) is 3.77. The molecule has 13 heteroatoms. The third kappa shape index (κ3) is 3.52. The van der Waals surface area contributed by atoms with Crippen molar-refractivity contribution in [2.24, 2.45) is 16.6 Å². The number of Topliss-reactive ketones (excluding diaryl/α,β-unsaturated/α-hetero) is 1. The summed E-state index contributed by atoms with van der Waals surface area (Å²) < 4.78 is 87.9. The van der Waals surface area contributed by atoms with Gasteiger partial charge in [0.25, 0.3) is 12.4 Å². The van der Waals surface area contributed by atoms with Gasteiger partial charge in [0, 0.05) is 17.9 Å². The van der Waals surface area contributed by atoms with E-state index in [-0.39, 0.29) is 21.7 Å². The molecule has 1 aromatic heterocycles. The molecule has 1 aromatic carbocycles. The van der Waals surface area contributed by atoms with E-state index in [1.807, 2.05) is 0 Å². The summed E-state index contributed by atoms with van der Waals surface area (Å²) in [6.45, 7) is -3.05. The first-order valence-electron chi connectivity index (χ1n) is 8.89. The summed E-state index contributed by atoms with van der Waals surface area (Å²) in [6.07, 6.45) is -3.78. The van der Waals surface area contributed by atoms with Gasteiger partial charge in [-0.1, -0.05) is 11.6 Å². The largest absolute Gasteiger partial charge is 0.462 e. The van der Waals surface area contributed by atoms with Gasteiger partial charge in [0.15, 0.2) is 23.0 Å². The maximum atomic E-state index is 14.6. The van der Waals surface area contributed by atoms with E-state index in [0.29, 0.717) is 6.07 Å². The topological polar surface area (TPSA) is 82.5 Å². The Morgan fingerprint density at radius 3 is 2.65 bits per heavy atom. The molecular weight excluding hydrogens is 454 g/mol. The zero-order valence-electron chi connectivity index (χ0n) is 15.3. The molecule has 0 saturated heterocycles. The number of hydrogen-bond donors (Lipinski definition) is 1. The lowest BCUT2D eigenvalue weighted by molar-refractivity contribution is 0.0172. The van der Waals surface area contributed by atoms with Crippen LogP contribution < -0.4 is 5.73 Å². The van der Waals surface area contributed by atoms with E-state index >= 15 is 0 Å². The Kier molecular flexibility index (Phi) is 5.15. The average molecular weight is 467 g/mol. The molecule has 6 nitrogen and oxygen atoms in total. The number of ether oxygens (including phenoxy) is 1. The molecule has 0 unspecified atom stereocenters. The van der Waals surface area contributed by atoms with Gasteiger partial charge in [-0.25, -0.2) is 27.2 Å². The lowest BCUT2D eigenvalue weighted by atomic mass is 9.83. The Labute approximate surface area is 175 Å². The van der Waals surface area contributed by atoms with E-state index < -0.39 is 71.7 Å². The quantitative estimate of drug-likeness (QED) is 0.518. The van der Waals surface area contributed by atoms with E-state index in [4.69, 9.17) is 22.1 Å². The van der Waals surface area contributed by atoms with Crippen LogP contribution in [0.4, 0.5) is 26.3 Å². The second-order valence-electron chi connectivity index (χ2n) is 7.20. The molecule has 1 fully saturated rings. The summed E-state index contributed by atoms with van der Waals surface area (Å²) in [4.78, 5) is 16.1. The van der Waals surface area contributed by atoms with Gasteiger partial charge in [-0.3, -0.25) is 4.79 Å². The molecule has 2 N–H and O–H groups in total. The fraction of sp³-hybridized carbons (Fsp3) is 0.389. The third-order valence-corrected chi connectivity index (χ3v) is 5.51. The smallest absolute Gasteiger partial charge is 0.333 e. The first-order valence-corrected chi connectivity index (χ1v) is 9.27. The van der Waals surface area contributed by atoms with Crippen LogP contribution in [-0.4, -0.2) is 34.1 Å². The van der Waals surface area contributed by atoms with Gasteiger partial charge in [0.1, 0.15) is 11.8 Å². The monoisotopic (exact) mass is 466 g/mol. The summed E-state index contributed by atoms with van der Waals surface area (Å²) in [6, 6.07) is 0.951. The van der Waals surface area contributed by atoms with E-state index in [2.05, 4.69) is 10.1 Å². The number of fused-ring (bicyclic) bond motifs is 1. The maximum absolute atomic E-state index is 14.6. The number of nitrogens with zero attached hydrogens (tertiary/aromatic N) is 3. The third-order valence-electron chi connectivity index (χ3n) is 5.23. The number of hydrogen-bond acceptors (Lipinski definition) is 5. The summed E-state index contributed by atoms with van der Waals surface area (Å²) in [5, 5.41) is 3.00. The maximum Gasteiger partial charge on any atom is 0.333 e. The van der Waals surface area contributed by atoms with Gasteiger partial charge in [0.05, 0.1) is 11.2 Å². The van der Waals surface area contributed by atoms with Crippen molar-refractivity contribution in [3.05, 3.63) is 51.8 Å². The highest BCUT2D eigenvalue weighted by molar-refractivity contribution is 6.33. The number of aliphatic imine (C=N–C) groups is 1. The molecule has 2 aromatic rings. The van der Waals surface area contributed by atoms with Crippen LogP contribution in [0.5, 0.6) is 0 Å². The number of halogens is 7. The second kappa shape index (κ2) is 7.43. The number of nitrogens with two attached hydrogens (primary N) is 1. The number of ketones is 1. The van der Waals surface area contributed by atoms with Crippen molar-refractivity contribution in [2.45, 2.75) is 37.5 Å². The van der Waals surface area contributed by atoms with Gasteiger partial charge in [0.2, 0.25) is 0 Å². The van der Waals surface area contributed by atoms with Crippen molar-refractivity contribution < 1.29 is 35.9 Å². The van der Waals surface area contributed by atoms with Gasteiger partial charge in [-0.2, -0.15) is 13.9 Å². The Hall–Kier alpha value is -2.76. The molecule has 2 heterocycles. The number of rotatable bonds is 6. The van der Waals surface area contributed by atoms with Crippen LogP contribution >= 0.6 is 11.6 Å². The number of carbonyl (C=O) groups excluding carboxylic acids is 1. The van der Waals surface area contributed by atoms with Crippen molar-refractivity contribution in [1.82, 2.24) is 9.78 Å². The molecule has 2 aliphatic rings. The SMILES string of the molecule is NC1=N[C@](c2cc(CC(=O)c3nn(C(F)F)cc3Cl)cc(F)c2F)(C(F)F)[C@@H]2C[C@@H]2O1. The summed E-state index contributed by atoms with van der Waals surface area (Å²) >= 11 is 5.75. The summed E-state index contributed by atoms with van der Waals surface area (Å²) in [5.74, 6) is -4.87. The molecule has 1 saturated carbocycles. The second-order valence-corrected chi connectivity index (χ2v) is 7.60. The molecular formula is C18H13ClF6N4O2. The van der Waals surface area contributed by atoms with Crippen LogP contribution in [0.15, 0.2) is 23.3 Å². The highest BCUT2D eigenvalue weighted by Crippen LogP contribution is 2.56. The Balaban J connectivity index is 1.74. The number of carbonyl (C=O) groups is 1. The molecule has 3 atom stereocenters. The predicted octanol–water partition coefficient (Wildman–Crippen LogP) is 3.83. The van der Waals surface area contributed by atoms with Crippen molar-refractivity contribution >= 4 is 23.4 Å². The van der Waals surface area contributed by atoms with Crippen molar-refractivity contribution in [3.63, 3.8) is 0 Å². The molecule has 1 aliphatic carbocycles. The number of alkyl halides is 4. The van der Waals surface area contributed by atoms with Gasteiger partial charge >= 0.3 is 6.55 Å². The lowest BCUT2D eigenvalue weighted by Crippen LogP contribution is -2.43. The Morgan fingerprint density at radius 2 is 2.03 bits per heavy atom. The van der Waals surface area contributed by atoms with Gasteiger partial charge < -0.3 is 10.5 Å². The normalized spacial score (nSPS) is 24.7. The van der Waals surface area contributed by atoms with E-state index in [1.165, 1.54) is 0 Å². The molecule has 31 heavy (non-hydrogen) atoms. The zero-order chi connectivity index (χ0) is 22.7. The fourth-order valence-corrected chi connectivity index (χ4v) is 4.01. The highest BCUT2D eigenvalue weighted by atomic mass is 35.5. The van der Waals surface area contributed by atoms with Crippen molar-refractivity contribution in [2.75, 3.05) is 0 Å². The molecule has 0 radical (unpaired) electrons. The van der Waals surface area contributed by atoms with Gasteiger partial charge in [-0.15, -0.1) is 0 Å². The van der Waals surface area contributed by atoms with Crippen LogP contribution in [0.25, 0.3) is 0 Å². The van der Waals surface area contributed by atoms with Crippen LogP contribution in [0.2, 0.25) is 5.02 Å². The van der Waals surface area contributed by atoms with Crippen LogP contribution in [0.3, 0.4) is 0 Å². The van der Waals surface area contributed by atoms with E-state index in [0.717, 1.165) is 12.3 Å². The minimum Gasteiger partial charge on any atom is -0.462 e. The predicted molar refractivity (Wildman–Crippen MR) is 95.2 cm³/mol. The zero-order valence-corrected chi connectivity index (χ0v) is 16.1. The highest BCUT2D eigenvalue weighted by Gasteiger charge is 2.64.